The molecule has 3 heteroatoms. The lowest BCUT2D eigenvalue weighted by atomic mass is 10.1. The number of hydrogen-bond donors (Lipinski definition) is 2. The second-order valence-corrected chi connectivity index (χ2v) is 5.97. The van der Waals surface area contributed by atoms with Crippen LogP contribution in [0.4, 0.5) is 0 Å². The third-order valence-corrected chi connectivity index (χ3v) is 4.60. The zero-order valence-corrected chi connectivity index (χ0v) is 13.2. The van der Waals surface area contributed by atoms with Crippen molar-refractivity contribution < 1.29 is 14.5 Å². The fourth-order valence-corrected chi connectivity index (χ4v) is 3.04. The molecule has 0 aromatic heterocycles. The van der Waals surface area contributed by atoms with Crippen LogP contribution in [0.5, 0.6) is 5.75 Å². The molecule has 1 saturated heterocycles. The zero-order valence-electron chi connectivity index (χ0n) is 13.2. The molecule has 1 atom stereocenters. The predicted molar refractivity (Wildman–Crippen MR) is 82.5 cm³/mol. The first-order valence-corrected chi connectivity index (χ1v) is 8.12. The van der Waals surface area contributed by atoms with Crippen LogP contribution in [0.25, 0.3) is 0 Å². The average molecular weight is 278 g/mol. The van der Waals surface area contributed by atoms with E-state index in [1.165, 1.54) is 38.2 Å². The minimum atomic E-state index is 0.741. The summed E-state index contributed by atoms with van der Waals surface area (Å²) in [5.74, 6) is 0.984. The quantitative estimate of drug-likeness (QED) is 0.759. The summed E-state index contributed by atoms with van der Waals surface area (Å²) < 4.78 is 5.49. The van der Waals surface area contributed by atoms with Crippen molar-refractivity contribution in [3.63, 3.8) is 0 Å². The van der Waals surface area contributed by atoms with E-state index in [1.54, 1.807) is 9.80 Å². The van der Waals surface area contributed by atoms with Crippen molar-refractivity contribution in [1.82, 2.24) is 0 Å². The van der Waals surface area contributed by atoms with Crippen LogP contribution in [-0.4, -0.2) is 38.8 Å². The minimum absolute atomic E-state index is 0.741. The molecule has 1 aromatic carbocycles. The van der Waals surface area contributed by atoms with Crippen LogP contribution in [0.3, 0.4) is 0 Å². The molecule has 2 rings (SSSR count). The molecule has 1 aliphatic rings. The average Bonchev–Trinajstić information content (AvgIpc) is 2.49. The Kier molecular flexibility index (Phi) is 5.86. The maximum absolute atomic E-state index is 5.49. The first kappa shape index (κ1) is 15.3. The number of ether oxygens (including phenoxy) is 1. The van der Waals surface area contributed by atoms with Gasteiger partial charge in [-0.15, -0.1) is 0 Å². The molecule has 0 aliphatic carbocycles. The van der Waals surface area contributed by atoms with Crippen molar-refractivity contribution >= 4 is 0 Å². The molecule has 1 heterocycles. The smallest absolute Gasteiger partial charge is 0.127 e. The van der Waals surface area contributed by atoms with Crippen molar-refractivity contribution in [3.8, 4) is 5.75 Å². The lowest BCUT2D eigenvalue weighted by molar-refractivity contribution is -1.03. The van der Waals surface area contributed by atoms with Crippen LogP contribution < -0.4 is 14.5 Å². The van der Waals surface area contributed by atoms with Crippen molar-refractivity contribution in [2.45, 2.75) is 39.8 Å². The summed E-state index contributed by atoms with van der Waals surface area (Å²) in [5, 5.41) is 0. The number of piperazine rings is 1. The Morgan fingerprint density at radius 2 is 1.70 bits per heavy atom. The third-order valence-electron chi connectivity index (χ3n) is 4.60. The molecule has 1 fully saturated rings. The van der Waals surface area contributed by atoms with Crippen LogP contribution in [-0.2, 0) is 6.54 Å². The van der Waals surface area contributed by atoms with Crippen molar-refractivity contribution in [2.24, 2.45) is 0 Å². The Morgan fingerprint density at radius 1 is 1.05 bits per heavy atom. The van der Waals surface area contributed by atoms with E-state index in [9.17, 15) is 0 Å². The second kappa shape index (κ2) is 7.65. The van der Waals surface area contributed by atoms with Gasteiger partial charge in [0, 0.05) is 5.56 Å². The lowest BCUT2D eigenvalue weighted by Crippen LogP contribution is -3.29. The highest BCUT2D eigenvalue weighted by Crippen LogP contribution is 2.11. The molecule has 0 amide bonds. The molecule has 0 unspecified atom stereocenters. The molecule has 112 valence electrons. The van der Waals surface area contributed by atoms with E-state index >= 15 is 0 Å². The van der Waals surface area contributed by atoms with E-state index < -0.39 is 0 Å². The van der Waals surface area contributed by atoms with Gasteiger partial charge in [-0.1, -0.05) is 6.92 Å². The molecule has 0 bridgehead atoms. The number of quaternary nitrogens is 2. The van der Waals surface area contributed by atoms with Gasteiger partial charge in [0.15, 0.2) is 0 Å². The van der Waals surface area contributed by atoms with E-state index in [2.05, 4.69) is 38.1 Å². The predicted octanol–water partition coefficient (Wildman–Crippen LogP) is 0.167. The van der Waals surface area contributed by atoms with Crippen molar-refractivity contribution in [1.29, 1.82) is 0 Å². The SMILES string of the molecule is CCOc1ccc(C[NH+]2CC[NH+]([C@@H](C)CC)CC2)cc1. The summed E-state index contributed by atoms with van der Waals surface area (Å²) >= 11 is 0. The highest BCUT2D eigenvalue weighted by molar-refractivity contribution is 5.26. The normalized spacial score (nSPS) is 24.4. The van der Waals surface area contributed by atoms with Crippen LogP contribution in [0.1, 0.15) is 32.8 Å². The molecular weight excluding hydrogens is 248 g/mol. The number of rotatable bonds is 6. The maximum Gasteiger partial charge on any atom is 0.127 e. The largest absolute Gasteiger partial charge is 0.494 e. The lowest BCUT2D eigenvalue weighted by Gasteiger charge is -2.33. The third kappa shape index (κ3) is 4.22. The fourth-order valence-electron chi connectivity index (χ4n) is 3.04. The van der Waals surface area contributed by atoms with E-state index in [1.807, 2.05) is 6.92 Å². The maximum atomic E-state index is 5.49. The number of nitrogens with one attached hydrogen (secondary N) is 2. The first-order chi connectivity index (χ1) is 9.72. The molecule has 0 saturated carbocycles. The molecule has 2 N–H and O–H groups in total. The van der Waals surface area contributed by atoms with E-state index in [4.69, 9.17) is 4.74 Å². The summed E-state index contributed by atoms with van der Waals surface area (Å²) in [5.41, 5.74) is 1.43. The summed E-state index contributed by atoms with van der Waals surface area (Å²) in [4.78, 5) is 3.52. The molecule has 1 aromatic rings. The Labute approximate surface area is 123 Å². The summed E-state index contributed by atoms with van der Waals surface area (Å²) in [7, 11) is 0. The van der Waals surface area contributed by atoms with Gasteiger partial charge in [-0.05, 0) is 44.5 Å². The molecule has 1 aliphatic heterocycles. The molecule has 20 heavy (non-hydrogen) atoms. The van der Waals surface area contributed by atoms with Crippen molar-refractivity contribution in [2.75, 3.05) is 32.8 Å². The van der Waals surface area contributed by atoms with Gasteiger partial charge in [0.05, 0.1) is 12.6 Å². The van der Waals surface area contributed by atoms with Gasteiger partial charge in [0.1, 0.15) is 38.5 Å². The first-order valence-electron chi connectivity index (χ1n) is 8.12. The Balaban J connectivity index is 1.80. The Bertz CT molecular complexity index is 382. The van der Waals surface area contributed by atoms with E-state index in [-0.39, 0.29) is 0 Å². The monoisotopic (exact) mass is 278 g/mol. The van der Waals surface area contributed by atoms with Crippen LogP contribution in [0.15, 0.2) is 24.3 Å². The van der Waals surface area contributed by atoms with Gasteiger partial charge in [-0.2, -0.15) is 0 Å². The topological polar surface area (TPSA) is 18.1 Å². The van der Waals surface area contributed by atoms with Crippen molar-refractivity contribution in [3.05, 3.63) is 29.8 Å². The highest BCUT2D eigenvalue weighted by atomic mass is 16.5. The van der Waals surface area contributed by atoms with Gasteiger partial charge < -0.3 is 14.5 Å². The standard InChI is InChI=1S/C17H28N2O/c1-4-15(3)19-12-10-18(11-13-19)14-16-6-8-17(9-7-16)20-5-2/h6-9,15H,4-5,10-14H2,1-3H3/p+2/t15-/m0/s1. The van der Waals surface area contributed by atoms with Gasteiger partial charge >= 0.3 is 0 Å². The van der Waals surface area contributed by atoms with E-state index in [0.717, 1.165) is 24.9 Å². The van der Waals surface area contributed by atoms with E-state index in [0.29, 0.717) is 0 Å². The summed E-state index contributed by atoms with van der Waals surface area (Å²) in [6, 6.07) is 9.44. The Morgan fingerprint density at radius 3 is 2.25 bits per heavy atom. The van der Waals surface area contributed by atoms with Gasteiger partial charge in [0.2, 0.25) is 0 Å². The molecular formula is C17H30N2O+2. The Hall–Kier alpha value is -1.06. The second-order valence-electron chi connectivity index (χ2n) is 5.97. The van der Waals surface area contributed by atoms with Crippen LogP contribution in [0, 0.1) is 0 Å². The number of hydrogen-bond acceptors (Lipinski definition) is 1. The minimum Gasteiger partial charge on any atom is -0.494 e. The van der Waals surface area contributed by atoms with Gasteiger partial charge in [-0.25, -0.2) is 0 Å². The zero-order chi connectivity index (χ0) is 14.4. The molecule has 3 nitrogen and oxygen atoms in total. The summed E-state index contributed by atoms with van der Waals surface area (Å²) in [6.07, 6.45) is 1.30. The van der Waals surface area contributed by atoms with Gasteiger partial charge in [-0.3, -0.25) is 0 Å². The fraction of sp³-hybridized carbons (Fsp3) is 0.647. The van der Waals surface area contributed by atoms with Crippen LogP contribution in [0.2, 0.25) is 0 Å². The highest BCUT2D eigenvalue weighted by Gasteiger charge is 2.25. The van der Waals surface area contributed by atoms with Crippen LogP contribution >= 0.6 is 0 Å². The molecule has 0 radical (unpaired) electrons. The summed E-state index contributed by atoms with van der Waals surface area (Å²) in [6.45, 7) is 13.8. The van der Waals surface area contributed by atoms with Gasteiger partial charge in [0.25, 0.3) is 0 Å². The number of benzene rings is 1. The molecule has 0 spiro atoms.